The summed E-state index contributed by atoms with van der Waals surface area (Å²) in [6.07, 6.45) is 5.69. The summed E-state index contributed by atoms with van der Waals surface area (Å²) in [5, 5.41) is 0. The van der Waals surface area contributed by atoms with E-state index in [2.05, 4.69) is 11.8 Å². The fourth-order valence-corrected chi connectivity index (χ4v) is 5.41. The van der Waals surface area contributed by atoms with Gasteiger partial charge in [0.2, 0.25) is 5.91 Å². The maximum Gasteiger partial charge on any atom is 0.254 e. The number of likely N-dealkylation sites (tertiary alicyclic amines) is 1. The third-order valence-corrected chi connectivity index (χ3v) is 7.17. The Morgan fingerprint density at radius 1 is 1.08 bits per heavy atom. The van der Waals surface area contributed by atoms with Crippen LogP contribution in [-0.2, 0) is 4.79 Å². The standard InChI is InChI=1S/C21H30N2O2S/c1-3-4-5-6-19(24)22-13-11-21(12-14-22)23(15-16-26-21)20(25)18-9-7-17(2)8-10-18/h7-10H,3-6,11-16H2,1-2H3. The van der Waals surface area contributed by atoms with E-state index in [9.17, 15) is 9.59 Å². The SMILES string of the molecule is CCCCCC(=O)N1CCC2(CC1)SCCN2C(=O)c1ccc(C)cc1. The molecule has 1 aromatic carbocycles. The number of thioether (sulfide) groups is 1. The summed E-state index contributed by atoms with van der Waals surface area (Å²) in [5.41, 5.74) is 1.94. The van der Waals surface area contributed by atoms with Crippen molar-refractivity contribution in [3.63, 3.8) is 0 Å². The van der Waals surface area contributed by atoms with Crippen molar-refractivity contribution in [2.24, 2.45) is 0 Å². The lowest BCUT2D eigenvalue weighted by atomic mass is 10.00. The highest BCUT2D eigenvalue weighted by Gasteiger charge is 2.46. The number of amides is 2. The van der Waals surface area contributed by atoms with Crippen molar-refractivity contribution in [2.45, 2.75) is 57.2 Å². The summed E-state index contributed by atoms with van der Waals surface area (Å²) in [6, 6.07) is 7.86. The zero-order valence-corrected chi connectivity index (χ0v) is 16.8. The van der Waals surface area contributed by atoms with Crippen molar-refractivity contribution >= 4 is 23.6 Å². The minimum atomic E-state index is -0.123. The second kappa shape index (κ2) is 8.47. The quantitative estimate of drug-likeness (QED) is 0.729. The monoisotopic (exact) mass is 374 g/mol. The number of unbranched alkanes of at least 4 members (excludes halogenated alkanes) is 2. The molecule has 0 aromatic heterocycles. The van der Waals surface area contributed by atoms with Gasteiger partial charge >= 0.3 is 0 Å². The Labute approximate surface area is 161 Å². The summed E-state index contributed by atoms with van der Waals surface area (Å²) in [5.74, 6) is 1.41. The van der Waals surface area contributed by atoms with Crippen molar-refractivity contribution in [1.82, 2.24) is 9.80 Å². The molecule has 0 aliphatic carbocycles. The van der Waals surface area contributed by atoms with E-state index in [4.69, 9.17) is 0 Å². The first-order valence-corrected chi connectivity index (χ1v) is 10.8. The van der Waals surface area contributed by atoms with Gasteiger partial charge in [0.15, 0.2) is 0 Å². The summed E-state index contributed by atoms with van der Waals surface area (Å²) in [6.45, 7) is 6.55. The van der Waals surface area contributed by atoms with Crippen LogP contribution in [-0.4, -0.2) is 51.9 Å². The van der Waals surface area contributed by atoms with Crippen LogP contribution in [0.4, 0.5) is 0 Å². The van der Waals surface area contributed by atoms with E-state index in [0.29, 0.717) is 6.42 Å². The van der Waals surface area contributed by atoms with Gasteiger partial charge in [-0.05, 0) is 38.3 Å². The van der Waals surface area contributed by atoms with Gasteiger partial charge in [0, 0.05) is 37.4 Å². The Hall–Kier alpha value is -1.49. The van der Waals surface area contributed by atoms with Gasteiger partial charge in [-0.2, -0.15) is 0 Å². The molecule has 2 aliphatic heterocycles. The van der Waals surface area contributed by atoms with Crippen molar-refractivity contribution in [3.05, 3.63) is 35.4 Å². The summed E-state index contributed by atoms with van der Waals surface area (Å²) < 4.78 is 0. The van der Waals surface area contributed by atoms with Crippen LogP contribution in [0, 0.1) is 6.92 Å². The number of carbonyl (C=O) groups is 2. The molecule has 1 spiro atoms. The van der Waals surface area contributed by atoms with Crippen LogP contribution < -0.4 is 0 Å². The number of nitrogens with zero attached hydrogens (tertiary/aromatic N) is 2. The Kier molecular flexibility index (Phi) is 6.28. The maximum absolute atomic E-state index is 13.1. The first-order chi connectivity index (χ1) is 12.6. The minimum absolute atomic E-state index is 0.123. The molecule has 0 saturated carbocycles. The molecular weight excluding hydrogens is 344 g/mol. The van der Waals surface area contributed by atoms with E-state index in [-0.39, 0.29) is 16.7 Å². The highest BCUT2D eigenvalue weighted by atomic mass is 32.2. The molecular formula is C21H30N2O2S. The van der Waals surface area contributed by atoms with Gasteiger partial charge in [-0.3, -0.25) is 9.59 Å². The van der Waals surface area contributed by atoms with Crippen LogP contribution in [0.2, 0.25) is 0 Å². The smallest absolute Gasteiger partial charge is 0.254 e. The number of hydrogen-bond acceptors (Lipinski definition) is 3. The third-order valence-electron chi connectivity index (χ3n) is 5.61. The first kappa shape index (κ1) is 19.3. The number of hydrogen-bond donors (Lipinski definition) is 0. The van der Waals surface area contributed by atoms with Gasteiger partial charge in [0.25, 0.3) is 5.91 Å². The molecule has 0 N–H and O–H groups in total. The molecule has 2 saturated heterocycles. The summed E-state index contributed by atoms with van der Waals surface area (Å²) in [4.78, 5) is 29.4. The second-order valence-electron chi connectivity index (χ2n) is 7.46. The van der Waals surface area contributed by atoms with Crippen molar-refractivity contribution in [1.29, 1.82) is 0 Å². The topological polar surface area (TPSA) is 40.6 Å². The Morgan fingerprint density at radius 3 is 2.42 bits per heavy atom. The predicted octanol–water partition coefficient (Wildman–Crippen LogP) is 4.08. The largest absolute Gasteiger partial charge is 0.342 e. The third kappa shape index (κ3) is 4.08. The predicted molar refractivity (Wildman–Crippen MR) is 107 cm³/mol. The Bertz CT molecular complexity index is 636. The molecule has 4 nitrogen and oxygen atoms in total. The van der Waals surface area contributed by atoms with Gasteiger partial charge in [0.05, 0.1) is 4.87 Å². The number of piperidine rings is 1. The van der Waals surface area contributed by atoms with E-state index in [1.165, 1.54) is 5.56 Å². The molecule has 0 bridgehead atoms. The number of benzene rings is 1. The van der Waals surface area contributed by atoms with Crippen LogP contribution in [0.3, 0.4) is 0 Å². The van der Waals surface area contributed by atoms with Gasteiger partial charge < -0.3 is 9.80 Å². The highest BCUT2D eigenvalue weighted by molar-refractivity contribution is 8.00. The average Bonchev–Trinajstić information content (AvgIpc) is 3.05. The van der Waals surface area contributed by atoms with Gasteiger partial charge in [-0.15, -0.1) is 11.8 Å². The van der Waals surface area contributed by atoms with Gasteiger partial charge in [-0.25, -0.2) is 0 Å². The lowest BCUT2D eigenvalue weighted by Gasteiger charge is -2.44. The summed E-state index contributed by atoms with van der Waals surface area (Å²) in [7, 11) is 0. The fraction of sp³-hybridized carbons (Fsp3) is 0.619. The van der Waals surface area contributed by atoms with Crippen LogP contribution in [0.5, 0.6) is 0 Å². The Morgan fingerprint density at radius 2 is 1.77 bits per heavy atom. The Balaban J connectivity index is 1.62. The average molecular weight is 375 g/mol. The van der Waals surface area contributed by atoms with Gasteiger partial charge in [0.1, 0.15) is 0 Å². The van der Waals surface area contributed by atoms with Crippen LogP contribution >= 0.6 is 11.8 Å². The molecule has 1 aromatic rings. The fourth-order valence-electron chi connectivity index (χ4n) is 3.95. The molecule has 0 unspecified atom stereocenters. The number of rotatable bonds is 5. The van der Waals surface area contributed by atoms with E-state index < -0.39 is 0 Å². The normalized spacial score (nSPS) is 19.2. The molecule has 3 rings (SSSR count). The van der Waals surface area contributed by atoms with E-state index in [0.717, 1.165) is 63.1 Å². The molecule has 2 amide bonds. The molecule has 0 atom stereocenters. The van der Waals surface area contributed by atoms with E-state index in [1.54, 1.807) is 0 Å². The van der Waals surface area contributed by atoms with Crippen LogP contribution in [0.1, 0.15) is 61.4 Å². The zero-order chi connectivity index (χ0) is 18.6. The molecule has 2 heterocycles. The van der Waals surface area contributed by atoms with Crippen molar-refractivity contribution in [3.8, 4) is 0 Å². The molecule has 5 heteroatoms. The van der Waals surface area contributed by atoms with E-state index in [1.807, 2.05) is 47.9 Å². The minimum Gasteiger partial charge on any atom is -0.342 e. The molecule has 2 fully saturated rings. The van der Waals surface area contributed by atoms with Gasteiger partial charge in [-0.1, -0.05) is 37.5 Å². The van der Waals surface area contributed by atoms with Crippen LogP contribution in [0.15, 0.2) is 24.3 Å². The summed E-state index contributed by atoms with van der Waals surface area (Å²) >= 11 is 1.90. The van der Waals surface area contributed by atoms with E-state index >= 15 is 0 Å². The maximum atomic E-state index is 13.1. The zero-order valence-electron chi connectivity index (χ0n) is 16.0. The molecule has 0 radical (unpaired) electrons. The second-order valence-corrected chi connectivity index (χ2v) is 8.91. The molecule has 26 heavy (non-hydrogen) atoms. The van der Waals surface area contributed by atoms with Crippen molar-refractivity contribution in [2.75, 3.05) is 25.4 Å². The number of carbonyl (C=O) groups excluding carboxylic acids is 2. The van der Waals surface area contributed by atoms with Crippen LogP contribution in [0.25, 0.3) is 0 Å². The molecule has 142 valence electrons. The van der Waals surface area contributed by atoms with Crippen molar-refractivity contribution < 1.29 is 9.59 Å². The molecule has 2 aliphatic rings. The lowest BCUT2D eigenvalue weighted by Crippen LogP contribution is -2.53. The highest BCUT2D eigenvalue weighted by Crippen LogP contribution is 2.44. The first-order valence-electron chi connectivity index (χ1n) is 9.86. The lowest BCUT2D eigenvalue weighted by molar-refractivity contribution is -0.132. The number of aryl methyl sites for hydroxylation is 1.